The largest absolute Gasteiger partial charge is 0.229 e. The number of fused-ring (bicyclic) bond motifs is 2. The third-order valence-corrected chi connectivity index (χ3v) is 5.13. The van der Waals surface area contributed by atoms with Gasteiger partial charge >= 0.3 is 0 Å². The van der Waals surface area contributed by atoms with Crippen molar-refractivity contribution in [3.8, 4) is 5.69 Å². The lowest BCUT2D eigenvalue weighted by molar-refractivity contribution is 0.383. The number of aryl methyl sites for hydroxylation is 1. The quantitative estimate of drug-likeness (QED) is 0.697. The first-order valence-corrected chi connectivity index (χ1v) is 8.98. The summed E-state index contributed by atoms with van der Waals surface area (Å²) in [5, 5.41) is 12.2. The highest BCUT2D eigenvalue weighted by Gasteiger charge is 2.38. The number of aliphatic imine (C=N–C) groups is 1. The molecule has 2 aliphatic heterocycles. The summed E-state index contributed by atoms with van der Waals surface area (Å²) in [6.45, 7) is 2.04. The molecule has 2 aliphatic rings. The maximum absolute atomic E-state index is 4.86. The van der Waals surface area contributed by atoms with Crippen LogP contribution in [-0.4, -0.2) is 25.5 Å². The summed E-state index contributed by atoms with van der Waals surface area (Å²) < 4.78 is 1.93. The minimum atomic E-state index is -0.00703. The normalized spacial score (nSPS) is 18.0. The highest BCUT2D eigenvalue weighted by atomic mass is 32.2. The molecule has 0 saturated heterocycles. The predicted molar refractivity (Wildman–Crippen MR) is 102 cm³/mol. The lowest BCUT2D eigenvalue weighted by Crippen LogP contribution is -2.29. The van der Waals surface area contributed by atoms with Crippen molar-refractivity contribution in [2.45, 2.75) is 13.0 Å². The van der Waals surface area contributed by atoms with E-state index in [0.29, 0.717) is 0 Å². The first-order chi connectivity index (χ1) is 12.3. The fourth-order valence-electron chi connectivity index (χ4n) is 3.34. The third kappa shape index (κ3) is 2.21. The van der Waals surface area contributed by atoms with Crippen LogP contribution in [0.5, 0.6) is 0 Å². The molecular weight excluding hydrogens is 330 g/mol. The molecule has 0 N–H and O–H groups in total. The third-order valence-electron chi connectivity index (χ3n) is 4.44. The van der Waals surface area contributed by atoms with Crippen LogP contribution in [0.4, 0.5) is 5.82 Å². The van der Waals surface area contributed by atoms with E-state index in [4.69, 9.17) is 10.1 Å². The van der Waals surface area contributed by atoms with E-state index in [-0.39, 0.29) is 6.04 Å². The van der Waals surface area contributed by atoms with E-state index in [0.717, 1.165) is 27.9 Å². The smallest absolute Gasteiger partial charge is 0.193 e. The van der Waals surface area contributed by atoms with E-state index in [9.17, 15) is 0 Å². The van der Waals surface area contributed by atoms with Gasteiger partial charge in [0.05, 0.1) is 16.9 Å². The number of hydrogen-bond donors (Lipinski definition) is 0. The predicted octanol–water partition coefficient (Wildman–Crippen LogP) is 4.26. The molecule has 0 bridgehead atoms. The molecule has 25 heavy (non-hydrogen) atoms. The number of para-hydroxylation sites is 1. The first kappa shape index (κ1) is 14.5. The van der Waals surface area contributed by atoms with E-state index in [2.05, 4.69) is 41.5 Å². The van der Waals surface area contributed by atoms with Crippen LogP contribution in [-0.2, 0) is 0 Å². The molecule has 0 saturated carbocycles. The Morgan fingerprint density at radius 1 is 0.960 bits per heavy atom. The summed E-state index contributed by atoms with van der Waals surface area (Å²) in [6.07, 6.45) is 0. The molecule has 0 spiro atoms. The van der Waals surface area contributed by atoms with E-state index in [1.807, 2.05) is 46.4 Å². The van der Waals surface area contributed by atoms with Crippen molar-refractivity contribution in [2.75, 3.05) is 0 Å². The minimum absolute atomic E-state index is 0.00703. The van der Waals surface area contributed by atoms with Crippen molar-refractivity contribution in [1.29, 1.82) is 0 Å². The van der Waals surface area contributed by atoms with Gasteiger partial charge in [-0.25, -0.2) is 14.7 Å². The SMILES string of the molecule is Cc1nn(-c2ccccc2)c2c1C(c1ccccc1)N1N=CSC1=N2. The number of thioether (sulfide) groups is 1. The van der Waals surface area contributed by atoms with Crippen molar-refractivity contribution in [3.63, 3.8) is 0 Å². The molecule has 5 nitrogen and oxygen atoms in total. The van der Waals surface area contributed by atoms with E-state index in [1.54, 1.807) is 11.8 Å². The second kappa shape index (κ2) is 5.60. The number of nitrogens with zero attached hydrogens (tertiary/aromatic N) is 5. The molecule has 1 aromatic heterocycles. The summed E-state index contributed by atoms with van der Waals surface area (Å²) in [4.78, 5) is 4.86. The van der Waals surface area contributed by atoms with E-state index in [1.165, 1.54) is 5.56 Å². The van der Waals surface area contributed by atoms with Gasteiger partial charge in [-0.05, 0) is 36.4 Å². The molecule has 1 unspecified atom stereocenters. The van der Waals surface area contributed by atoms with Gasteiger partial charge in [-0.1, -0.05) is 48.5 Å². The van der Waals surface area contributed by atoms with E-state index < -0.39 is 0 Å². The molecule has 1 atom stereocenters. The molecule has 0 amide bonds. The van der Waals surface area contributed by atoms with Crippen molar-refractivity contribution in [1.82, 2.24) is 14.8 Å². The van der Waals surface area contributed by atoms with E-state index >= 15 is 0 Å². The molecule has 122 valence electrons. The average molecular weight is 345 g/mol. The minimum Gasteiger partial charge on any atom is -0.229 e. The summed E-state index contributed by atoms with van der Waals surface area (Å²) in [6, 6.07) is 20.6. The van der Waals surface area contributed by atoms with Crippen LogP contribution in [0.1, 0.15) is 22.9 Å². The molecule has 0 radical (unpaired) electrons. The Morgan fingerprint density at radius 2 is 1.68 bits per heavy atom. The molecule has 2 aromatic carbocycles. The zero-order chi connectivity index (χ0) is 16.8. The van der Waals surface area contributed by atoms with Gasteiger partial charge in [0.15, 0.2) is 11.0 Å². The molecule has 6 heteroatoms. The van der Waals surface area contributed by atoms with Crippen molar-refractivity contribution < 1.29 is 0 Å². The second-order valence-corrected chi connectivity index (χ2v) is 6.77. The molecule has 0 aliphatic carbocycles. The van der Waals surface area contributed by atoms with Gasteiger partial charge in [-0.2, -0.15) is 10.2 Å². The first-order valence-electron chi connectivity index (χ1n) is 8.10. The van der Waals surface area contributed by atoms with Crippen LogP contribution in [0.15, 0.2) is 70.8 Å². The Morgan fingerprint density at radius 3 is 2.44 bits per heavy atom. The van der Waals surface area contributed by atoms with Crippen LogP contribution in [0, 0.1) is 6.92 Å². The number of hydrogen-bond acceptors (Lipinski definition) is 5. The van der Waals surface area contributed by atoms with Crippen LogP contribution in [0.2, 0.25) is 0 Å². The van der Waals surface area contributed by atoms with Gasteiger partial charge in [0.25, 0.3) is 0 Å². The highest BCUT2D eigenvalue weighted by molar-refractivity contribution is 8.25. The fourth-order valence-corrected chi connectivity index (χ4v) is 3.98. The monoisotopic (exact) mass is 345 g/mol. The van der Waals surface area contributed by atoms with Gasteiger partial charge in [0, 0.05) is 5.56 Å². The van der Waals surface area contributed by atoms with Gasteiger partial charge in [-0.15, -0.1) is 0 Å². The molecule has 0 fully saturated rings. The van der Waals surface area contributed by atoms with Crippen LogP contribution >= 0.6 is 11.8 Å². The lowest BCUT2D eigenvalue weighted by atomic mass is 9.97. The maximum Gasteiger partial charge on any atom is 0.193 e. The zero-order valence-electron chi connectivity index (χ0n) is 13.6. The zero-order valence-corrected chi connectivity index (χ0v) is 14.4. The Kier molecular flexibility index (Phi) is 3.24. The average Bonchev–Trinajstić information content (AvgIpc) is 3.26. The highest BCUT2D eigenvalue weighted by Crippen LogP contribution is 2.45. The number of rotatable bonds is 2. The summed E-state index contributed by atoms with van der Waals surface area (Å²) in [5.74, 6) is 0.891. The summed E-state index contributed by atoms with van der Waals surface area (Å²) in [7, 11) is 0. The second-order valence-electron chi connectivity index (χ2n) is 5.96. The van der Waals surface area contributed by atoms with Crippen molar-refractivity contribution in [2.24, 2.45) is 10.1 Å². The van der Waals surface area contributed by atoms with Crippen LogP contribution in [0.25, 0.3) is 5.69 Å². The van der Waals surface area contributed by atoms with Gasteiger partial charge < -0.3 is 0 Å². The van der Waals surface area contributed by atoms with Gasteiger partial charge in [0.1, 0.15) is 6.04 Å². The van der Waals surface area contributed by atoms with Crippen LogP contribution < -0.4 is 0 Å². The van der Waals surface area contributed by atoms with Gasteiger partial charge in [-0.3, -0.25) is 0 Å². The molecule has 5 rings (SSSR count). The Hall–Kier alpha value is -2.86. The molecule has 3 heterocycles. The number of aromatic nitrogens is 2. The fraction of sp³-hybridized carbons (Fsp3) is 0.105. The standard InChI is InChI=1S/C19H15N5S/c1-13-16-17(14-8-4-2-5-9-14)24-19(25-12-20-24)21-18(16)23(22-13)15-10-6-3-7-11-15/h2-12,17H,1H3. The lowest BCUT2D eigenvalue weighted by Gasteiger charge is -2.30. The maximum atomic E-state index is 4.86. The molecule has 3 aromatic rings. The van der Waals surface area contributed by atoms with Crippen molar-refractivity contribution >= 4 is 28.3 Å². The topological polar surface area (TPSA) is 45.8 Å². The summed E-state index contributed by atoms with van der Waals surface area (Å²) >= 11 is 1.54. The Bertz CT molecular complexity index is 991. The Labute approximate surface area is 149 Å². The number of amidine groups is 1. The van der Waals surface area contributed by atoms with Crippen LogP contribution in [0.3, 0.4) is 0 Å². The number of hydrazone groups is 1. The number of benzene rings is 2. The van der Waals surface area contributed by atoms with Gasteiger partial charge in [0.2, 0.25) is 0 Å². The molecular formula is C19H15N5S. The Balaban J connectivity index is 1.76. The van der Waals surface area contributed by atoms with Crippen molar-refractivity contribution in [3.05, 3.63) is 77.5 Å². The summed E-state index contributed by atoms with van der Waals surface area (Å²) in [5.41, 5.74) is 6.13.